The second-order valence-electron chi connectivity index (χ2n) is 7.31. The molecule has 2 heterocycles. The maximum absolute atomic E-state index is 13.4. The molecule has 3 aromatic carbocycles. The van der Waals surface area contributed by atoms with E-state index in [2.05, 4.69) is 6.07 Å². The van der Waals surface area contributed by atoms with Gasteiger partial charge in [0, 0.05) is 11.6 Å². The van der Waals surface area contributed by atoms with Crippen LogP contribution in [0.3, 0.4) is 0 Å². The van der Waals surface area contributed by atoms with Crippen molar-refractivity contribution in [1.29, 1.82) is 0 Å². The highest BCUT2D eigenvalue weighted by Crippen LogP contribution is 2.51. The second-order valence-corrected chi connectivity index (χ2v) is 7.31. The van der Waals surface area contributed by atoms with E-state index in [1.807, 2.05) is 43.7 Å². The van der Waals surface area contributed by atoms with Crippen LogP contribution in [0, 0.1) is 13.8 Å². The molecular formula is C23H17F3NO+. The van der Waals surface area contributed by atoms with Crippen LogP contribution in [-0.2, 0) is 13.2 Å². The molecule has 0 saturated carbocycles. The fourth-order valence-corrected chi connectivity index (χ4v) is 4.28. The number of rotatable bonds is 0. The van der Waals surface area contributed by atoms with Gasteiger partial charge in [0.25, 0.3) is 0 Å². The summed E-state index contributed by atoms with van der Waals surface area (Å²) in [5.74, 6) is 0.882. The number of aryl methyl sites for hydroxylation is 3. The molecule has 1 aliphatic rings. The van der Waals surface area contributed by atoms with E-state index in [1.54, 1.807) is 12.3 Å². The topological polar surface area (TPSA) is 13.1 Å². The van der Waals surface area contributed by atoms with Crippen LogP contribution in [0.4, 0.5) is 13.2 Å². The number of ether oxygens (including phenoxy) is 1. The maximum Gasteiger partial charge on any atom is 0.416 e. The Morgan fingerprint density at radius 3 is 2.29 bits per heavy atom. The van der Waals surface area contributed by atoms with Crippen LogP contribution in [-0.4, -0.2) is 0 Å². The third kappa shape index (κ3) is 2.19. The minimum atomic E-state index is -4.43. The van der Waals surface area contributed by atoms with Gasteiger partial charge in [-0.1, -0.05) is 24.3 Å². The SMILES string of the molecule is Cc1c2c(c(C)c3ccccc13)-c1c3c(cc(C(F)(F)F)cc3cc[n+]1C)O2. The highest BCUT2D eigenvalue weighted by molar-refractivity contribution is 6.06. The van der Waals surface area contributed by atoms with Gasteiger partial charge in [-0.3, -0.25) is 0 Å². The average molecular weight is 380 g/mol. The lowest BCUT2D eigenvalue weighted by molar-refractivity contribution is -0.659. The maximum atomic E-state index is 13.4. The van der Waals surface area contributed by atoms with Crippen molar-refractivity contribution in [2.24, 2.45) is 7.05 Å². The molecule has 1 aromatic heterocycles. The van der Waals surface area contributed by atoms with Gasteiger partial charge in [0.05, 0.1) is 16.5 Å². The van der Waals surface area contributed by atoms with Gasteiger partial charge >= 0.3 is 6.18 Å². The summed E-state index contributed by atoms with van der Waals surface area (Å²) in [7, 11) is 1.91. The largest absolute Gasteiger partial charge is 0.455 e. The third-order valence-corrected chi connectivity index (χ3v) is 5.65. The van der Waals surface area contributed by atoms with Crippen molar-refractivity contribution in [3.8, 4) is 22.8 Å². The van der Waals surface area contributed by atoms with E-state index in [0.717, 1.165) is 39.2 Å². The number of hydrogen-bond acceptors (Lipinski definition) is 1. The van der Waals surface area contributed by atoms with E-state index < -0.39 is 11.7 Å². The Bertz CT molecular complexity index is 1310. The average Bonchev–Trinajstić information content (AvgIpc) is 2.67. The Morgan fingerprint density at radius 1 is 0.929 bits per heavy atom. The molecule has 0 saturated heterocycles. The van der Waals surface area contributed by atoms with Gasteiger partial charge in [-0.15, -0.1) is 0 Å². The molecule has 0 atom stereocenters. The van der Waals surface area contributed by atoms with E-state index in [-0.39, 0.29) is 5.75 Å². The number of aromatic nitrogens is 1. The van der Waals surface area contributed by atoms with Crippen molar-refractivity contribution in [1.82, 2.24) is 0 Å². The molecule has 1 aliphatic heterocycles. The van der Waals surface area contributed by atoms with Crippen LogP contribution in [0.25, 0.3) is 32.8 Å². The molecule has 0 spiro atoms. The zero-order valence-electron chi connectivity index (χ0n) is 15.6. The molecule has 0 unspecified atom stereocenters. The molecular weight excluding hydrogens is 363 g/mol. The quantitative estimate of drug-likeness (QED) is 0.291. The number of alkyl halides is 3. The second kappa shape index (κ2) is 5.47. The minimum absolute atomic E-state index is 0.251. The fourth-order valence-electron chi connectivity index (χ4n) is 4.28. The van der Waals surface area contributed by atoms with E-state index in [9.17, 15) is 13.2 Å². The van der Waals surface area contributed by atoms with Gasteiger partial charge in [-0.05, 0) is 47.7 Å². The number of benzene rings is 3. The molecule has 0 radical (unpaired) electrons. The summed E-state index contributed by atoms with van der Waals surface area (Å²) < 4.78 is 48.4. The summed E-state index contributed by atoms with van der Waals surface area (Å²) in [6.45, 7) is 4.00. The normalized spacial score (nSPS) is 12.9. The fraction of sp³-hybridized carbons (Fsp3) is 0.174. The van der Waals surface area contributed by atoms with E-state index in [1.165, 1.54) is 6.07 Å². The van der Waals surface area contributed by atoms with Gasteiger partial charge < -0.3 is 4.74 Å². The molecule has 28 heavy (non-hydrogen) atoms. The summed E-state index contributed by atoms with van der Waals surface area (Å²) in [6, 6.07) is 12.0. The predicted octanol–water partition coefficient (Wildman–Crippen LogP) is 6.23. The molecule has 5 rings (SSSR count). The van der Waals surface area contributed by atoms with Crippen LogP contribution in [0.1, 0.15) is 16.7 Å². The van der Waals surface area contributed by atoms with Crippen molar-refractivity contribution in [2.75, 3.05) is 0 Å². The molecule has 0 aliphatic carbocycles. The summed E-state index contributed by atoms with van der Waals surface area (Å²) in [6.07, 6.45) is -2.62. The van der Waals surface area contributed by atoms with Gasteiger partial charge in [0.1, 0.15) is 18.5 Å². The van der Waals surface area contributed by atoms with Crippen molar-refractivity contribution in [2.45, 2.75) is 20.0 Å². The Labute approximate surface area is 159 Å². The van der Waals surface area contributed by atoms with Crippen molar-refractivity contribution >= 4 is 21.5 Å². The van der Waals surface area contributed by atoms with Gasteiger partial charge in [0.2, 0.25) is 5.69 Å². The first-order valence-electron chi connectivity index (χ1n) is 9.01. The molecule has 5 heteroatoms. The lowest BCUT2D eigenvalue weighted by Gasteiger charge is -2.24. The molecule has 140 valence electrons. The molecule has 0 bridgehead atoms. The number of hydrogen-bond donors (Lipinski definition) is 0. The first-order chi connectivity index (χ1) is 13.3. The summed E-state index contributed by atoms with van der Waals surface area (Å²) >= 11 is 0. The third-order valence-electron chi connectivity index (χ3n) is 5.65. The Kier molecular flexibility index (Phi) is 3.33. The van der Waals surface area contributed by atoms with E-state index >= 15 is 0 Å². The zero-order chi connectivity index (χ0) is 19.8. The van der Waals surface area contributed by atoms with Crippen molar-refractivity contribution in [3.05, 3.63) is 65.4 Å². The molecule has 2 nitrogen and oxygen atoms in total. The standard InChI is InChI=1S/C23H17F3NO/c1-12-16-6-4-5-7-17(16)13(2)22-19(12)21-20-14(8-9-27(21)3)10-15(23(24,25)26)11-18(20)28-22/h4-11H,1-3H3/q+1. The van der Waals surface area contributed by atoms with Crippen LogP contribution >= 0.6 is 0 Å². The van der Waals surface area contributed by atoms with Crippen LogP contribution in [0.5, 0.6) is 11.5 Å². The van der Waals surface area contributed by atoms with Gasteiger partial charge in [-0.2, -0.15) is 13.2 Å². The first kappa shape index (κ1) is 17.0. The summed E-state index contributed by atoms with van der Waals surface area (Å²) in [5.41, 5.74) is 3.11. The first-order valence-corrected chi connectivity index (χ1v) is 9.01. The van der Waals surface area contributed by atoms with Gasteiger partial charge in [-0.25, -0.2) is 4.57 Å². The lowest BCUT2D eigenvalue weighted by atomic mass is 9.89. The number of halogens is 3. The summed E-state index contributed by atoms with van der Waals surface area (Å²) in [4.78, 5) is 0. The van der Waals surface area contributed by atoms with Crippen LogP contribution < -0.4 is 9.30 Å². The lowest BCUT2D eigenvalue weighted by Crippen LogP contribution is -2.32. The summed E-state index contributed by atoms with van der Waals surface area (Å²) in [5, 5.41) is 3.40. The number of fused-ring (bicyclic) bond motifs is 3. The van der Waals surface area contributed by atoms with Gasteiger partial charge in [0.15, 0.2) is 6.20 Å². The molecule has 0 amide bonds. The van der Waals surface area contributed by atoms with E-state index in [0.29, 0.717) is 16.5 Å². The predicted molar refractivity (Wildman–Crippen MR) is 103 cm³/mol. The van der Waals surface area contributed by atoms with Crippen molar-refractivity contribution < 1.29 is 22.5 Å². The highest BCUT2D eigenvalue weighted by Gasteiger charge is 2.36. The zero-order valence-corrected chi connectivity index (χ0v) is 15.6. The number of pyridine rings is 1. The van der Waals surface area contributed by atoms with Crippen molar-refractivity contribution in [3.63, 3.8) is 0 Å². The number of nitrogens with zero attached hydrogens (tertiary/aromatic N) is 1. The minimum Gasteiger partial charge on any atom is -0.455 e. The smallest absolute Gasteiger partial charge is 0.416 e. The Balaban J connectivity index is 1.97. The highest BCUT2D eigenvalue weighted by atomic mass is 19.4. The molecule has 4 aromatic rings. The Morgan fingerprint density at radius 2 is 1.61 bits per heavy atom. The van der Waals surface area contributed by atoms with Crippen LogP contribution in [0.15, 0.2) is 48.7 Å². The molecule has 0 fully saturated rings. The Hall–Kier alpha value is -3.08. The van der Waals surface area contributed by atoms with Crippen LogP contribution in [0.2, 0.25) is 0 Å². The monoisotopic (exact) mass is 380 g/mol. The molecule has 0 N–H and O–H groups in total. The van der Waals surface area contributed by atoms with E-state index in [4.69, 9.17) is 4.74 Å².